The molecule has 0 atom stereocenters. The molecule has 4 rings (SSSR count). The minimum absolute atomic E-state index is 0.00942. The zero-order valence-corrected chi connectivity index (χ0v) is 20.0. The van der Waals surface area contributed by atoms with Crippen LogP contribution in [0.5, 0.6) is 0 Å². The van der Waals surface area contributed by atoms with E-state index in [9.17, 15) is 0 Å². The molecule has 2 saturated carbocycles. The fourth-order valence-corrected chi connectivity index (χ4v) is 6.31. The second-order valence-electron chi connectivity index (χ2n) is 10.4. The normalized spacial score (nSPS) is 26.6. The molecule has 0 unspecified atom stereocenters. The zero-order chi connectivity index (χ0) is 22.3. The first-order chi connectivity index (χ1) is 15.7. The van der Waals surface area contributed by atoms with Gasteiger partial charge in [-0.1, -0.05) is 61.4 Å². The van der Waals surface area contributed by atoms with Gasteiger partial charge in [0.15, 0.2) is 0 Å². The quantitative estimate of drug-likeness (QED) is 0.365. The highest BCUT2D eigenvalue weighted by Crippen LogP contribution is 2.42. The summed E-state index contributed by atoms with van der Waals surface area (Å²) in [4.78, 5) is 0. The monoisotopic (exact) mass is 432 g/mol. The van der Waals surface area contributed by atoms with Gasteiger partial charge in [0.1, 0.15) is 5.82 Å². The van der Waals surface area contributed by atoms with Crippen molar-refractivity contribution in [1.29, 1.82) is 0 Å². The van der Waals surface area contributed by atoms with Crippen molar-refractivity contribution in [1.82, 2.24) is 0 Å². The lowest BCUT2D eigenvalue weighted by Gasteiger charge is -2.37. The lowest BCUT2D eigenvalue weighted by molar-refractivity contribution is 0.152. The van der Waals surface area contributed by atoms with E-state index in [1.165, 1.54) is 56.9 Å². The largest absolute Gasteiger partial charge is 0.206 e. The SMILES string of the molecule is C=CC1CCC(C2CCC(CCc3ccc4cc(CC/C=C/C)ccc4c3F)CC2)CC1. The molecule has 2 fully saturated rings. The summed E-state index contributed by atoms with van der Waals surface area (Å²) >= 11 is 0. The predicted octanol–water partition coefficient (Wildman–Crippen LogP) is 9.22. The molecule has 2 aromatic carbocycles. The molecule has 2 aromatic rings. The van der Waals surface area contributed by atoms with Crippen molar-refractivity contribution in [2.45, 2.75) is 84.0 Å². The summed E-state index contributed by atoms with van der Waals surface area (Å²) in [5, 5.41) is 1.83. The first-order valence-corrected chi connectivity index (χ1v) is 13.1. The van der Waals surface area contributed by atoms with Gasteiger partial charge in [-0.15, -0.1) is 6.58 Å². The van der Waals surface area contributed by atoms with Crippen LogP contribution in [0.3, 0.4) is 0 Å². The molecule has 1 heteroatoms. The lowest BCUT2D eigenvalue weighted by Crippen LogP contribution is -2.25. The van der Waals surface area contributed by atoms with Gasteiger partial charge in [-0.25, -0.2) is 4.39 Å². The highest BCUT2D eigenvalue weighted by atomic mass is 19.1. The van der Waals surface area contributed by atoms with Gasteiger partial charge in [-0.05, 0) is 111 Å². The molecule has 0 N–H and O–H groups in total. The van der Waals surface area contributed by atoms with Gasteiger partial charge in [0.25, 0.3) is 0 Å². The second kappa shape index (κ2) is 11.3. The average Bonchev–Trinajstić information content (AvgIpc) is 2.84. The minimum Gasteiger partial charge on any atom is -0.206 e. The lowest BCUT2D eigenvalue weighted by atomic mass is 9.68. The van der Waals surface area contributed by atoms with Crippen LogP contribution in [0.15, 0.2) is 55.1 Å². The Kier molecular flexibility index (Phi) is 8.22. The minimum atomic E-state index is 0.00942. The van der Waals surface area contributed by atoms with Crippen molar-refractivity contribution in [3.8, 4) is 0 Å². The zero-order valence-electron chi connectivity index (χ0n) is 20.0. The summed E-state index contributed by atoms with van der Waals surface area (Å²) in [7, 11) is 0. The maximum atomic E-state index is 15.2. The molecule has 0 heterocycles. The Balaban J connectivity index is 1.28. The molecular weight excluding hydrogens is 391 g/mol. The third-order valence-electron chi connectivity index (χ3n) is 8.46. The molecule has 0 radical (unpaired) electrons. The number of hydrogen-bond acceptors (Lipinski definition) is 0. The van der Waals surface area contributed by atoms with E-state index >= 15 is 4.39 Å². The Morgan fingerprint density at radius 2 is 1.62 bits per heavy atom. The van der Waals surface area contributed by atoms with Gasteiger partial charge >= 0.3 is 0 Å². The van der Waals surface area contributed by atoms with Gasteiger partial charge in [-0.3, -0.25) is 0 Å². The van der Waals surface area contributed by atoms with Crippen molar-refractivity contribution in [2.24, 2.45) is 23.7 Å². The highest BCUT2D eigenvalue weighted by molar-refractivity contribution is 5.84. The molecule has 32 heavy (non-hydrogen) atoms. The van der Waals surface area contributed by atoms with Crippen molar-refractivity contribution in [3.63, 3.8) is 0 Å². The fourth-order valence-electron chi connectivity index (χ4n) is 6.31. The second-order valence-corrected chi connectivity index (χ2v) is 10.4. The first-order valence-electron chi connectivity index (χ1n) is 13.1. The standard InChI is InChI=1S/C31H41F/c1-3-5-6-7-25-13-21-30-29(22-25)20-19-28(31(30)32)18-12-24-10-16-27(17-11-24)26-14-8-23(4-2)9-15-26/h3-5,13,19-24,26-27H,2,6-12,14-18H2,1H3/b5-3+. The van der Waals surface area contributed by atoms with E-state index in [1.807, 2.05) is 12.1 Å². The summed E-state index contributed by atoms with van der Waals surface area (Å²) in [5.74, 6) is 3.45. The molecule has 0 aromatic heterocycles. The number of aryl methyl sites for hydroxylation is 2. The Morgan fingerprint density at radius 1 is 0.906 bits per heavy atom. The third-order valence-corrected chi connectivity index (χ3v) is 8.46. The van der Waals surface area contributed by atoms with Crippen LogP contribution < -0.4 is 0 Å². The summed E-state index contributed by atoms with van der Waals surface area (Å²) in [5.41, 5.74) is 2.20. The van der Waals surface area contributed by atoms with E-state index < -0.39 is 0 Å². The van der Waals surface area contributed by atoms with E-state index in [-0.39, 0.29) is 5.82 Å². The summed E-state index contributed by atoms with van der Waals surface area (Å²) in [6, 6.07) is 10.4. The summed E-state index contributed by atoms with van der Waals surface area (Å²) in [6.45, 7) is 6.04. The number of fused-ring (bicyclic) bond motifs is 1. The molecule has 0 nitrogen and oxygen atoms in total. The summed E-state index contributed by atoms with van der Waals surface area (Å²) < 4.78 is 15.2. The van der Waals surface area contributed by atoms with Gasteiger partial charge in [0, 0.05) is 5.39 Å². The maximum absolute atomic E-state index is 15.2. The first kappa shape index (κ1) is 23.3. The van der Waals surface area contributed by atoms with Gasteiger partial charge < -0.3 is 0 Å². The van der Waals surface area contributed by atoms with E-state index in [0.29, 0.717) is 0 Å². The van der Waals surface area contributed by atoms with Crippen LogP contribution >= 0.6 is 0 Å². The number of benzene rings is 2. The van der Waals surface area contributed by atoms with Crippen LogP contribution in [0.4, 0.5) is 4.39 Å². The Hall–Kier alpha value is -1.89. The van der Waals surface area contributed by atoms with Crippen molar-refractivity contribution >= 4 is 10.8 Å². The van der Waals surface area contributed by atoms with Gasteiger partial charge in [-0.2, -0.15) is 0 Å². The van der Waals surface area contributed by atoms with Gasteiger partial charge in [0.2, 0.25) is 0 Å². The Morgan fingerprint density at radius 3 is 2.31 bits per heavy atom. The number of rotatable bonds is 8. The van der Waals surface area contributed by atoms with E-state index in [4.69, 9.17) is 0 Å². The average molecular weight is 433 g/mol. The van der Waals surface area contributed by atoms with E-state index in [0.717, 1.165) is 65.7 Å². The van der Waals surface area contributed by atoms with Gasteiger partial charge in [0.05, 0.1) is 0 Å². The molecule has 0 amide bonds. The highest BCUT2D eigenvalue weighted by Gasteiger charge is 2.30. The number of hydrogen-bond donors (Lipinski definition) is 0. The van der Waals surface area contributed by atoms with Crippen molar-refractivity contribution < 1.29 is 4.39 Å². The maximum Gasteiger partial charge on any atom is 0.134 e. The Labute approximate surface area is 195 Å². The molecule has 0 spiro atoms. The van der Waals surface area contributed by atoms with Crippen LogP contribution in [0, 0.1) is 29.5 Å². The van der Waals surface area contributed by atoms with Crippen LogP contribution in [0.25, 0.3) is 10.8 Å². The Bertz CT molecular complexity index is 907. The van der Waals surface area contributed by atoms with Crippen LogP contribution in [0.2, 0.25) is 0 Å². The van der Waals surface area contributed by atoms with Crippen molar-refractivity contribution in [2.75, 3.05) is 0 Å². The van der Waals surface area contributed by atoms with Crippen LogP contribution in [-0.4, -0.2) is 0 Å². The third kappa shape index (κ3) is 5.72. The number of halogens is 1. The smallest absolute Gasteiger partial charge is 0.134 e. The van der Waals surface area contributed by atoms with Crippen molar-refractivity contribution in [3.05, 3.63) is 72.1 Å². The summed E-state index contributed by atoms with van der Waals surface area (Å²) in [6.07, 6.45) is 21.5. The molecular formula is C31H41F. The molecule has 0 aliphatic heterocycles. The predicted molar refractivity (Wildman–Crippen MR) is 136 cm³/mol. The van der Waals surface area contributed by atoms with Crippen LogP contribution in [0.1, 0.15) is 82.3 Å². The molecule has 0 bridgehead atoms. The molecule has 0 saturated heterocycles. The molecule has 2 aliphatic rings. The topological polar surface area (TPSA) is 0 Å². The van der Waals surface area contributed by atoms with Crippen LogP contribution in [-0.2, 0) is 12.8 Å². The molecule has 172 valence electrons. The van der Waals surface area contributed by atoms with E-state index in [1.54, 1.807) is 0 Å². The van der Waals surface area contributed by atoms with E-state index in [2.05, 4.69) is 49.9 Å². The number of allylic oxidation sites excluding steroid dienone is 3. The fraction of sp³-hybridized carbons (Fsp3) is 0.548. The molecule has 2 aliphatic carbocycles.